The first-order chi connectivity index (χ1) is 14.8. The van der Waals surface area contributed by atoms with Crippen molar-refractivity contribution in [2.24, 2.45) is 51.8 Å². The van der Waals surface area contributed by atoms with E-state index in [2.05, 4.69) is 38.8 Å². The Morgan fingerprint density at radius 1 is 1.03 bits per heavy atom. The first kappa shape index (κ1) is 19.0. The van der Waals surface area contributed by atoms with Gasteiger partial charge in [0, 0.05) is 23.9 Å². The van der Waals surface area contributed by atoms with E-state index in [1.165, 1.54) is 64.3 Å². The maximum absolute atomic E-state index is 7.29. The molecule has 0 aromatic rings. The SMILES string of the molecule is C[C@H]1CCC2(C)C(=CC[C@@H]3[C@@H]2CC24CC25C[C@@H]2[C@H]6[C@@H](C[C@H](C)CN6C)O[C@]25CC[C@@H]34)C1. The Kier molecular flexibility index (Phi) is 3.36. The lowest BCUT2D eigenvalue weighted by Gasteiger charge is -2.60. The third kappa shape index (κ3) is 1.89. The Morgan fingerprint density at radius 2 is 1.90 bits per heavy atom. The van der Waals surface area contributed by atoms with Gasteiger partial charge in [-0.1, -0.05) is 32.4 Å². The summed E-state index contributed by atoms with van der Waals surface area (Å²) >= 11 is 0. The average molecular weight is 422 g/mol. The molecule has 3 spiro atoms. The summed E-state index contributed by atoms with van der Waals surface area (Å²) in [5.74, 6) is 5.54. The van der Waals surface area contributed by atoms with Gasteiger partial charge in [0.25, 0.3) is 0 Å². The highest BCUT2D eigenvalue weighted by molar-refractivity contribution is 5.41. The maximum atomic E-state index is 7.29. The lowest BCUT2D eigenvalue weighted by Crippen LogP contribution is -2.64. The third-order valence-electron chi connectivity index (χ3n) is 13.4. The maximum Gasteiger partial charge on any atom is 0.0793 e. The average Bonchev–Trinajstić information content (AvgIpc) is 3.19. The number of likely N-dealkylation sites (N-methyl/N-ethyl adjacent to an activating group) is 1. The standard InChI is InChI=1S/C29H43NO/c1-17-7-9-26(3)19(11-17)5-6-20-21-8-10-29-23(14-28(29)16-27(21,28)13-22(20)26)25-24(31-29)12-18(2)15-30(25)4/h5,17-18,20-25H,6-16H2,1-4H3/t17-,18-,20-,21-,22-,23+,24+,25-,26?,27?,28?,29+/m0/s1. The summed E-state index contributed by atoms with van der Waals surface area (Å²) in [6.45, 7) is 8.91. The third-order valence-corrected chi connectivity index (χ3v) is 13.4. The van der Waals surface area contributed by atoms with E-state index in [-0.39, 0.29) is 5.60 Å². The van der Waals surface area contributed by atoms with Crippen molar-refractivity contribution in [3.8, 4) is 0 Å². The lowest BCUT2D eigenvalue weighted by molar-refractivity contribution is -0.211. The summed E-state index contributed by atoms with van der Waals surface area (Å²) in [4.78, 5) is 2.71. The van der Waals surface area contributed by atoms with Crippen LogP contribution in [0.1, 0.15) is 85.0 Å². The van der Waals surface area contributed by atoms with E-state index in [0.717, 1.165) is 41.5 Å². The van der Waals surface area contributed by atoms with E-state index < -0.39 is 0 Å². The van der Waals surface area contributed by atoms with Crippen molar-refractivity contribution in [3.63, 3.8) is 0 Å². The second kappa shape index (κ2) is 5.48. The number of nitrogens with zero attached hydrogens (tertiary/aromatic N) is 1. The van der Waals surface area contributed by atoms with Crippen molar-refractivity contribution >= 4 is 0 Å². The summed E-state index contributed by atoms with van der Waals surface area (Å²) < 4.78 is 7.29. The second-order valence-electron chi connectivity index (χ2n) is 14.4. The molecule has 6 aliphatic carbocycles. The molecule has 2 aliphatic heterocycles. The van der Waals surface area contributed by atoms with Crippen LogP contribution in [0.2, 0.25) is 0 Å². The van der Waals surface area contributed by atoms with Crippen LogP contribution in [-0.2, 0) is 4.74 Å². The van der Waals surface area contributed by atoms with Gasteiger partial charge in [-0.2, -0.15) is 0 Å². The van der Waals surface area contributed by atoms with Crippen LogP contribution in [0.5, 0.6) is 0 Å². The molecule has 0 bridgehead atoms. The summed E-state index contributed by atoms with van der Waals surface area (Å²) in [6, 6.07) is 0.727. The number of rotatable bonds is 0. The topological polar surface area (TPSA) is 12.5 Å². The molecule has 0 amide bonds. The Labute approximate surface area is 189 Å². The van der Waals surface area contributed by atoms with E-state index >= 15 is 0 Å². The van der Waals surface area contributed by atoms with Gasteiger partial charge in [-0.25, -0.2) is 0 Å². The fourth-order valence-electron chi connectivity index (χ4n) is 12.3. The molecule has 5 saturated carbocycles. The van der Waals surface area contributed by atoms with Gasteiger partial charge in [0.2, 0.25) is 0 Å². The van der Waals surface area contributed by atoms with Gasteiger partial charge in [0.15, 0.2) is 0 Å². The predicted molar refractivity (Wildman–Crippen MR) is 124 cm³/mol. The molecular formula is C29H43NO. The van der Waals surface area contributed by atoms with Crippen LogP contribution in [0.4, 0.5) is 0 Å². The number of fused-ring (bicyclic) bond motifs is 6. The van der Waals surface area contributed by atoms with E-state index in [0.29, 0.717) is 22.3 Å². The number of ether oxygens (including phenoxy) is 1. The number of piperidine rings is 1. The minimum Gasteiger partial charge on any atom is -0.369 e. The molecule has 2 saturated heterocycles. The molecule has 3 unspecified atom stereocenters. The van der Waals surface area contributed by atoms with Gasteiger partial charge in [-0.15, -0.1) is 0 Å². The molecule has 2 nitrogen and oxygen atoms in total. The quantitative estimate of drug-likeness (QED) is 0.441. The van der Waals surface area contributed by atoms with Crippen molar-refractivity contribution < 1.29 is 4.74 Å². The molecule has 0 radical (unpaired) electrons. The van der Waals surface area contributed by atoms with Gasteiger partial charge in [0.05, 0.1) is 11.7 Å². The zero-order chi connectivity index (χ0) is 21.0. The molecule has 2 heterocycles. The van der Waals surface area contributed by atoms with Crippen LogP contribution in [0, 0.1) is 51.8 Å². The molecule has 8 aliphatic rings. The van der Waals surface area contributed by atoms with Gasteiger partial charge in [-0.05, 0) is 112 Å². The molecular weight excluding hydrogens is 378 g/mol. The van der Waals surface area contributed by atoms with E-state index in [4.69, 9.17) is 4.74 Å². The van der Waals surface area contributed by atoms with E-state index in [9.17, 15) is 0 Å². The second-order valence-corrected chi connectivity index (χ2v) is 14.4. The Hall–Kier alpha value is -0.340. The summed E-state index contributed by atoms with van der Waals surface area (Å²) in [5.41, 5.74) is 3.94. The molecule has 0 N–H and O–H groups in total. The van der Waals surface area contributed by atoms with Crippen molar-refractivity contribution in [3.05, 3.63) is 11.6 Å². The molecule has 12 atom stereocenters. The van der Waals surface area contributed by atoms with Crippen LogP contribution in [0.3, 0.4) is 0 Å². The van der Waals surface area contributed by atoms with Crippen LogP contribution < -0.4 is 0 Å². The van der Waals surface area contributed by atoms with E-state index in [1.807, 2.05) is 5.57 Å². The van der Waals surface area contributed by atoms with Crippen molar-refractivity contribution in [1.29, 1.82) is 0 Å². The summed E-state index contributed by atoms with van der Waals surface area (Å²) in [7, 11) is 2.40. The van der Waals surface area contributed by atoms with Gasteiger partial charge in [0.1, 0.15) is 0 Å². The van der Waals surface area contributed by atoms with Crippen molar-refractivity contribution in [1.82, 2.24) is 4.90 Å². The zero-order valence-electron chi connectivity index (χ0n) is 20.3. The number of hydrogen-bond donors (Lipinski definition) is 0. The molecule has 170 valence electrons. The largest absolute Gasteiger partial charge is 0.369 e. The highest BCUT2D eigenvalue weighted by Crippen LogP contribution is 2.93. The fourth-order valence-corrected chi connectivity index (χ4v) is 12.3. The van der Waals surface area contributed by atoms with Gasteiger partial charge >= 0.3 is 0 Å². The van der Waals surface area contributed by atoms with Crippen LogP contribution in [-0.4, -0.2) is 36.2 Å². The van der Waals surface area contributed by atoms with Crippen LogP contribution in [0.25, 0.3) is 0 Å². The van der Waals surface area contributed by atoms with Crippen LogP contribution >= 0.6 is 0 Å². The summed E-state index contributed by atoms with van der Waals surface area (Å²) in [6.07, 6.45) is 17.8. The molecule has 0 aromatic carbocycles. The first-order valence-corrected chi connectivity index (χ1v) is 13.9. The molecule has 31 heavy (non-hydrogen) atoms. The fraction of sp³-hybridized carbons (Fsp3) is 0.931. The monoisotopic (exact) mass is 421 g/mol. The molecule has 2 heteroatoms. The number of likely N-dealkylation sites (tertiary alicyclic amines) is 1. The Balaban J connectivity index is 1.14. The summed E-state index contributed by atoms with van der Waals surface area (Å²) in [5, 5.41) is 0. The Bertz CT molecular complexity index is 880. The van der Waals surface area contributed by atoms with Crippen molar-refractivity contribution in [2.45, 2.75) is 103 Å². The highest BCUT2D eigenvalue weighted by Gasteiger charge is 2.91. The normalized spacial score (nSPS) is 65.7. The minimum atomic E-state index is 0.281. The minimum absolute atomic E-state index is 0.281. The Morgan fingerprint density at radius 3 is 2.77 bits per heavy atom. The molecule has 8 rings (SSSR count). The first-order valence-electron chi connectivity index (χ1n) is 13.9. The predicted octanol–water partition coefficient (Wildman–Crippen LogP) is 6.06. The van der Waals surface area contributed by atoms with Crippen molar-refractivity contribution in [2.75, 3.05) is 13.6 Å². The number of hydrogen-bond acceptors (Lipinski definition) is 2. The number of allylic oxidation sites excluding steroid dienone is 2. The van der Waals surface area contributed by atoms with Gasteiger partial charge in [-0.3, -0.25) is 0 Å². The zero-order valence-corrected chi connectivity index (χ0v) is 20.3. The molecule has 7 fully saturated rings. The highest BCUT2D eigenvalue weighted by atomic mass is 16.5. The smallest absolute Gasteiger partial charge is 0.0793 e. The van der Waals surface area contributed by atoms with Crippen LogP contribution in [0.15, 0.2) is 11.6 Å². The molecule has 0 aromatic heterocycles. The van der Waals surface area contributed by atoms with Gasteiger partial charge < -0.3 is 9.64 Å². The lowest BCUT2D eigenvalue weighted by atomic mass is 9.47. The van der Waals surface area contributed by atoms with E-state index in [1.54, 1.807) is 6.42 Å².